The second-order valence-corrected chi connectivity index (χ2v) is 8.30. The van der Waals surface area contributed by atoms with Crippen LogP contribution in [0.4, 0.5) is 5.82 Å². The first-order valence-corrected chi connectivity index (χ1v) is 10.4. The smallest absolute Gasteiger partial charge is 0.244 e. The Morgan fingerprint density at radius 1 is 1.00 bits per heavy atom. The van der Waals surface area contributed by atoms with Crippen LogP contribution < -0.4 is 19.5 Å². The van der Waals surface area contributed by atoms with Crippen molar-refractivity contribution in [2.45, 2.75) is 24.3 Å². The fourth-order valence-corrected chi connectivity index (χ4v) is 4.59. The van der Waals surface area contributed by atoms with Gasteiger partial charge in [0.1, 0.15) is 16.5 Å². The van der Waals surface area contributed by atoms with Gasteiger partial charge in [0.05, 0.1) is 21.3 Å². The molecule has 1 aliphatic heterocycles. The molecular weight excluding hydrogens is 382 g/mol. The molecule has 0 amide bonds. The van der Waals surface area contributed by atoms with E-state index in [4.69, 9.17) is 14.2 Å². The fourth-order valence-electron chi connectivity index (χ4n) is 3.13. The Kier molecular flexibility index (Phi) is 6.25. The van der Waals surface area contributed by atoms with Gasteiger partial charge in [-0.1, -0.05) is 0 Å². The zero-order valence-corrected chi connectivity index (χ0v) is 17.1. The molecular formula is C19H25N3O5S. The van der Waals surface area contributed by atoms with Crippen LogP contribution in [0.15, 0.2) is 35.4 Å². The van der Waals surface area contributed by atoms with E-state index in [1.54, 1.807) is 39.5 Å². The number of benzene rings is 1. The highest BCUT2D eigenvalue weighted by atomic mass is 32.2. The summed E-state index contributed by atoms with van der Waals surface area (Å²) >= 11 is 0. The molecule has 152 valence electrons. The van der Waals surface area contributed by atoms with E-state index in [-0.39, 0.29) is 4.90 Å². The van der Waals surface area contributed by atoms with Crippen molar-refractivity contribution in [1.82, 2.24) is 9.29 Å². The van der Waals surface area contributed by atoms with Crippen molar-refractivity contribution < 1.29 is 22.6 Å². The van der Waals surface area contributed by atoms with Crippen molar-refractivity contribution in [1.29, 1.82) is 0 Å². The van der Waals surface area contributed by atoms with E-state index >= 15 is 0 Å². The number of aromatic nitrogens is 1. The largest absolute Gasteiger partial charge is 0.496 e. The quantitative estimate of drug-likeness (QED) is 0.719. The molecule has 0 saturated carbocycles. The highest BCUT2D eigenvalue weighted by Gasteiger charge is 2.27. The number of nitrogens with zero attached hydrogens (tertiary/aromatic N) is 2. The predicted octanol–water partition coefficient (Wildman–Crippen LogP) is 2.50. The van der Waals surface area contributed by atoms with Crippen LogP contribution in [0, 0.1) is 0 Å². The maximum absolute atomic E-state index is 12.6. The Hall–Kier alpha value is -2.52. The molecule has 0 spiro atoms. The lowest BCUT2D eigenvalue weighted by atomic mass is 10.1. The molecule has 8 nitrogen and oxygen atoms in total. The van der Waals surface area contributed by atoms with Crippen molar-refractivity contribution in [3.05, 3.63) is 36.0 Å². The van der Waals surface area contributed by atoms with Crippen LogP contribution in [0.3, 0.4) is 0 Å². The molecule has 0 atom stereocenters. The third kappa shape index (κ3) is 4.15. The molecule has 1 aromatic heterocycles. The molecule has 0 unspecified atom stereocenters. The topological polar surface area (TPSA) is 90.0 Å². The van der Waals surface area contributed by atoms with Gasteiger partial charge in [-0.3, -0.25) is 0 Å². The molecule has 0 bridgehead atoms. The van der Waals surface area contributed by atoms with Gasteiger partial charge in [0.15, 0.2) is 11.5 Å². The summed E-state index contributed by atoms with van der Waals surface area (Å²) in [5, 5.41) is 3.18. The van der Waals surface area contributed by atoms with E-state index in [0.717, 1.165) is 18.4 Å². The number of pyridine rings is 1. The van der Waals surface area contributed by atoms with E-state index in [2.05, 4.69) is 10.3 Å². The van der Waals surface area contributed by atoms with E-state index in [0.29, 0.717) is 42.7 Å². The molecule has 0 aliphatic carbocycles. The van der Waals surface area contributed by atoms with Crippen LogP contribution in [0.5, 0.6) is 17.2 Å². The molecule has 2 aromatic rings. The highest BCUT2D eigenvalue weighted by molar-refractivity contribution is 7.89. The van der Waals surface area contributed by atoms with E-state index in [9.17, 15) is 8.42 Å². The van der Waals surface area contributed by atoms with Crippen LogP contribution in [-0.4, -0.2) is 52.1 Å². The van der Waals surface area contributed by atoms with Crippen LogP contribution in [0.1, 0.15) is 18.4 Å². The number of hydrogen-bond acceptors (Lipinski definition) is 7. The van der Waals surface area contributed by atoms with Crippen LogP contribution >= 0.6 is 0 Å². The van der Waals surface area contributed by atoms with Crippen molar-refractivity contribution in [2.75, 3.05) is 39.7 Å². The Labute approximate surface area is 165 Å². The minimum Gasteiger partial charge on any atom is -0.496 e. The molecule has 3 rings (SSSR count). The molecule has 28 heavy (non-hydrogen) atoms. The lowest BCUT2D eigenvalue weighted by Crippen LogP contribution is -2.27. The average molecular weight is 407 g/mol. The van der Waals surface area contributed by atoms with Gasteiger partial charge < -0.3 is 19.5 Å². The number of anilines is 1. The number of nitrogens with one attached hydrogen (secondary N) is 1. The van der Waals surface area contributed by atoms with Gasteiger partial charge in [-0.25, -0.2) is 13.4 Å². The lowest BCUT2D eigenvalue weighted by Gasteiger charge is -2.16. The van der Waals surface area contributed by atoms with Crippen molar-refractivity contribution in [2.24, 2.45) is 0 Å². The first kappa shape index (κ1) is 20.2. The Balaban J connectivity index is 1.73. The fraction of sp³-hybridized carbons (Fsp3) is 0.421. The zero-order valence-electron chi connectivity index (χ0n) is 16.3. The first-order valence-electron chi connectivity index (χ1n) is 8.98. The number of methoxy groups -OCH3 is 3. The average Bonchev–Trinajstić information content (AvgIpc) is 3.27. The van der Waals surface area contributed by atoms with E-state index < -0.39 is 10.0 Å². The standard InChI is InChI=1S/C19H25N3O5S/c1-25-16-11-18(27-3)17(26-2)10-14(16)12-20-19-7-6-15(13-21-19)28(23,24)22-8-4-5-9-22/h6-7,10-11,13H,4-5,8-9,12H2,1-3H3,(H,20,21). The van der Waals surface area contributed by atoms with Gasteiger partial charge in [-0.05, 0) is 31.0 Å². The monoisotopic (exact) mass is 407 g/mol. The minimum absolute atomic E-state index is 0.212. The molecule has 1 fully saturated rings. The van der Waals surface area contributed by atoms with Gasteiger partial charge in [0.2, 0.25) is 10.0 Å². The number of ether oxygens (including phenoxy) is 3. The summed E-state index contributed by atoms with van der Waals surface area (Å²) in [5.74, 6) is 2.40. The normalized spacial score (nSPS) is 14.7. The van der Waals surface area contributed by atoms with E-state index in [1.807, 2.05) is 6.07 Å². The van der Waals surface area contributed by atoms with Gasteiger partial charge in [0.25, 0.3) is 0 Å². The van der Waals surface area contributed by atoms with Gasteiger partial charge >= 0.3 is 0 Å². The van der Waals surface area contributed by atoms with Crippen LogP contribution in [0.2, 0.25) is 0 Å². The summed E-state index contributed by atoms with van der Waals surface area (Å²) in [6, 6.07) is 6.83. The Morgan fingerprint density at radius 2 is 1.64 bits per heavy atom. The van der Waals surface area contributed by atoms with Gasteiger partial charge in [0, 0.05) is 37.5 Å². The van der Waals surface area contributed by atoms with Gasteiger partial charge in [-0.2, -0.15) is 4.31 Å². The summed E-state index contributed by atoms with van der Waals surface area (Å²) in [6.45, 7) is 1.57. The molecule has 1 N–H and O–H groups in total. The second-order valence-electron chi connectivity index (χ2n) is 6.36. The summed E-state index contributed by atoms with van der Waals surface area (Å²) in [4.78, 5) is 4.46. The van der Waals surface area contributed by atoms with Crippen molar-refractivity contribution in [3.63, 3.8) is 0 Å². The first-order chi connectivity index (χ1) is 13.5. The molecule has 1 aliphatic rings. The summed E-state index contributed by atoms with van der Waals surface area (Å²) < 4.78 is 42.7. The summed E-state index contributed by atoms with van der Waals surface area (Å²) in [6.07, 6.45) is 3.20. The minimum atomic E-state index is -3.46. The molecule has 1 aromatic carbocycles. The molecule has 9 heteroatoms. The van der Waals surface area contributed by atoms with E-state index in [1.165, 1.54) is 10.5 Å². The maximum Gasteiger partial charge on any atom is 0.244 e. The highest BCUT2D eigenvalue weighted by Crippen LogP contribution is 2.34. The number of rotatable bonds is 8. The predicted molar refractivity (Wildman–Crippen MR) is 106 cm³/mol. The third-order valence-electron chi connectivity index (χ3n) is 4.69. The van der Waals surface area contributed by atoms with Crippen molar-refractivity contribution in [3.8, 4) is 17.2 Å². The molecule has 2 heterocycles. The van der Waals surface area contributed by atoms with Crippen molar-refractivity contribution >= 4 is 15.8 Å². The number of sulfonamides is 1. The van der Waals surface area contributed by atoms with Crippen LogP contribution in [0.25, 0.3) is 0 Å². The Bertz CT molecular complexity index is 910. The molecule has 1 saturated heterocycles. The summed E-state index contributed by atoms with van der Waals surface area (Å²) in [7, 11) is 1.27. The maximum atomic E-state index is 12.6. The number of hydrogen-bond donors (Lipinski definition) is 1. The van der Waals surface area contributed by atoms with Gasteiger partial charge in [-0.15, -0.1) is 0 Å². The Morgan fingerprint density at radius 3 is 2.21 bits per heavy atom. The second kappa shape index (κ2) is 8.66. The SMILES string of the molecule is COc1cc(OC)c(OC)cc1CNc1ccc(S(=O)(=O)N2CCCC2)cn1. The third-order valence-corrected chi connectivity index (χ3v) is 6.57. The molecule has 0 radical (unpaired) electrons. The zero-order chi connectivity index (χ0) is 20.1. The summed E-state index contributed by atoms with van der Waals surface area (Å²) in [5.41, 5.74) is 0.857. The van der Waals surface area contributed by atoms with Crippen LogP contribution in [-0.2, 0) is 16.6 Å². The lowest BCUT2D eigenvalue weighted by molar-refractivity contribution is 0.347.